The number of rotatable bonds is 4. The summed E-state index contributed by atoms with van der Waals surface area (Å²) < 4.78 is 11.5. The maximum absolute atomic E-state index is 6.27. The van der Waals surface area contributed by atoms with Crippen LogP contribution in [0.1, 0.15) is 11.1 Å². The smallest absolute Gasteiger partial charge is 0.157 e. The van der Waals surface area contributed by atoms with Crippen LogP contribution in [0.5, 0.6) is 5.75 Å². The number of anilines is 1. The molecule has 0 aliphatic carbocycles. The molecule has 0 atom stereocenters. The Hall–Kier alpha value is -4.19. The topological polar surface area (TPSA) is 72.5 Å². The number of benzene rings is 3. The second-order valence-corrected chi connectivity index (χ2v) is 7.62. The van der Waals surface area contributed by atoms with Gasteiger partial charge in [0.25, 0.3) is 0 Å². The molecule has 5 rings (SSSR count). The summed E-state index contributed by atoms with van der Waals surface area (Å²) in [4.78, 5) is 8.70. The first-order valence-electron chi connectivity index (χ1n) is 10.3. The van der Waals surface area contributed by atoms with Crippen LogP contribution in [0.15, 0.2) is 82.6 Å². The van der Waals surface area contributed by atoms with Crippen molar-refractivity contribution in [3.63, 3.8) is 0 Å². The first-order chi connectivity index (χ1) is 15.6. The van der Waals surface area contributed by atoms with Crippen molar-refractivity contribution in [2.45, 2.75) is 13.8 Å². The van der Waals surface area contributed by atoms with Crippen LogP contribution < -0.4 is 15.5 Å². The Morgan fingerprint density at radius 1 is 0.875 bits per heavy atom. The Labute approximate surface area is 185 Å². The predicted octanol–water partition coefficient (Wildman–Crippen LogP) is 5.60. The van der Waals surface area contributed by atoms with Gasteiger partial charge in [-0.05, 0) is 73.5 Å². The summed E-state index contributed by atoms with van der Waals surface area (Å²) >= 11 is 0. The number of methoxy groups -OCH3 is 1. The number of aromatic nitrogens is 2. The average Bonchev–Trinajstić information content (AvgIpc) is 2.83. The quantitative estimate of drug-likeness (QED) is 0.382. The first-order valence-corrected chi connectivity index (χ1v) is 10.3. The van der Waals surface area contributed by atoms with E-state index in [1.807, 2.05) is 54.6 Å². The van der Waals surface area contributed by atoms with Gasteiger partial charge in [0.15, 0.2) is 5.82 Å². The monoisotopic (exact) mass is 422 g/mol. The molecule has 5 aromatic rings. The van der Waals surface area contributed by atoms with Gasteiger partial charge in [-0.2, -0.15) is 5.10 Å². The van der Waals surface area contributed by atoms with Crippen LogP contribution >= 0.6 is 0 Å². The lowest BCUT2D eigenvalue weighted by molar-refractivity contribution is 0.415. The Morgan fingerprint density at radius 2 is 1.66 bits per heavy atom. The largest absolute Gasteiger partial charge is 0.497 e. The van der Waals surface area contributed by atoms with Crippen LogP contribution in [-0.4, -0.2) is 17.1 Å². The summed E-state index contributed by atoms with van der Waals surface area (Å²) in [6, 6.07) is 21.7. The highest BCUT2D eigenvalue weighted by atomic mass is 16.5. The van der Waals surface area contributed by atoms with E-state index in [9.17, 15) is 0 Å². The third kappa shape index (κ3) is 3.67. The normalized spacial score (nSPS) is 11.8. The second kappa shape index (κ2) is 8.15. The number of nitrogens with one attached hydrogen (secondary N) is 1. The standard InChI is InChI=1S/C26H22N4O2/c1-16-12-21-23(29-30-26-20-6-4-5-7-22(20)27-15-28-26)14-24(32-25(21)13-17(16)2)18-8-10-19(31-3)11-9-18/h4-15H,1-3H3,(H,27,28,30)/b29-23+. The summed E-state index contributed by atoms with van der Waals surface area (Å²) in [7, 11) is 1.65. The molecule has 0 bridgehead atoms. The van der Waals surface area contributed by atoms with Gasteiger partial charge in [0.2, 0.25) is 0 Å². The average molecular weight is 422 g/mol. The molecular formula is C26H22N4O2. The summed E-state index contributed by atoms with van der Waals surface area (Å²) in [6.45, 7) is 4.16. The van der Waals surface area contributed by atoms with Gasteiger partial charge in [-0.1, -0.05) is 12.1 Å². The van der Waals surface area contributed by atoms with Crippen molar-refractivity contribution >= 4 is 27.7 Å². The summed E-state index contributed by atoms with van der Waals surface area (Å²) in [5, 5.41) is 7.32. The predicted molar refractivity (Wildman–Crippen MR) is 126 cm³/mol. The minimum absolute atomic E-state index is 0.652. The van der Waals surface area contributed by atoms with Gasteiger partial charge >= 0.3 is 0 Å². The highest BCUT2D eigenvalue weighted by molar-refractivity contribution is 5.88. The zero-order chi connectivity index (χ0) is 22.1. The Morgan fingerprint density at radius 3 is 2.47 bits per heavy atom. The fourth-order valence-corrected chi connectivity index (χ4v) is 3.62. The van der Waals surface area contributed by atoms with E-state index in [1.165, 1.54) is 11.9 Å². The molecule has 2 heterocycles. The summed E-state index contributed by atoms with van der Waals surface area (Å²) in [5.74, 6) is 2.17. The molecule has 0 amide bonds. The van der Waals surface area contributed by atoms with Gasteiger partial charge in [-0.3, -0.25) is 5.43 Å². The van der Waals surface area contributed by atoms with Gasteiger partial charge in [-0.25, -0.2) is 9.97 Å². The van der Waals surface area contributed by atoms with E-state index in [0.717, 1.165) is 49.9 Å². The molecule has 0 saturated carbocycles. The van der Waals surface area contributed by atoms with E-state index < -0.39 is 0 Å². The number of hydrogen-bond donors (Lipinski definition) is 1. The zero-order valence-corrected chi connectivity index (χ0v) is 18.1. The number of ether oxygens (including phenoxy) is 1. The molecule has 0 aliphatic heterocycles. The Bertz CT molecular complexity index is 1500. The van der Waals surface area contributed by atoms with Gasteiger partial charge in [0.05, 0.1) is 18.0 Å². The molecule has 6 nitrogen and oxygen atoms in total. The van der Waals surface area contributed by atoms with Gasteiger partial charge in [0.1, 0.15) is 23.4 Å². The van der Waals surface area contributed by atoms with Crippen molar-refractivity contribution in [1.29, 1.82) is 0 Å². The van der Waals surface area contributed by atoms with Crippen molar-refractivity contribution in [2.24, 2.45) is 5.10 Å². The highest BCUT2D eigenvalue weighted by Crippen LogP contribution is 2.26. The van der Waals surface area contributed by atoms with E-state index >= 15 is 0 Å². The van der Waals surface area contributed by atoms with E-state index in [4.69, 9.17) is 14.3 Å². The number of para-hydroxylation sites is 1. The molecule has 0 unspecified atom stereocenters. The van der Waals surface area contributed by atoms with E-state index in [2.05, 4.69) is 41.4 Å². The van der Waals surface area contributed by atoms with Crippen LogP contribution in [0.25, 0.3) is 33.2 Å². The molecule has 0 saturated heterocycles. The maximum atomic E-state index is 6.27. The molecular weight excluding hydrogens is 400 g/mol. The zero-order valence-electron chi connectivity index (χ0n) is 18.1. The molecule has 0 fully saturated rings. The summed E-state index contributed by atoms with van der Waals surface area (Å²) in [6.07, 6.45) is 1.54. The lowest BCUT2D eigenvalue weighted by atomic mass is 10.1. The lowest BCUT2D eigenvalue weighted by Crippen LogP contribution is -2.09. The van der Waals surface area contributed by atoms with Crippen LogP contribution in [0, 0.1) is 13.8 Å². The summed E-state index contributed by atoms with van der Waals surface area (Å²) in [5.41, 5.74) is 8.05. The van der Waals surface area contributed by atoms with Gasteiger partial charge in [-0.15, -0.1) is 0 Å². The molecule has 0 spiro atoms. The van der Waals surface area contributed by atoms with Crippen LogP contribution in [0.2, 0.25) is 0 Å². The van der Waals surface area contributed by atoms with Crippen molar-refractivity contribution in [1.82, 2.24) is 9.97 Å². The Kier molecular flexibility index (Phi) is 5.03. The van der Waals surface area contributed by atoms with Gasteiger partial charge in [0, 0.05) is 22.4 Å². The highest BCUT2D eigenvalue weighted by Gasteiger charge is 2.09. The fourth-order valence-electron chi connectivity index (χ4n) is 3.62. The van der Waals surface area contributed by atoms with E-state index in [0.29, 0.717) is 5.82 Å². The number of hydrogen-bond acceptors (Lipinski definition) is 6. The lowest BCUT2D eigenvalue weighted by Gasteiger charge is -2.09. The van der Waals surface area contributed by atoms with Crippen molar-refractivity contribution in [3.05, 3.63) is 89.5 Å². The fraction of sp³-hybridized carbons (Fsp3) is 0.115. The molecule has 158 valence electrons. The maximum Gasteiger partial charge on any atom is 0.157 e. The molecule has 32 heavy (non-hydrogen) atoms. The van der Waals surface area contributed by atoms with Gasteiger partial charge < -0.3 is 9.15 Å². The van der Waals surface area contributed by atoms with E-state index in [1.54, 1.807) is 7.11 Å². The minimum Gasteiger partial charge on any atom is -0.497 e. The number of aryl methyl sites for hydroxylation is 2. The molecule has 6 heteroatoms. The third-order valence-corrected chi connectivity index (χ3v) is 5.56. The first kappa shape index (κ1) is 19.8. The van der Waals surface area contributed by atoms with Crippen molar-refractivity contribution < 1.29 is 9.15 Å². The third-order valence-electron chi connectivity index (χ3n) is 5.56. The molecule has 0 aliphatic rings. The van der Waals surface area contributed by atoms with Crippen LogP contribution in [0.3, 0.4) is 0 Å². The molecule has 1 N–H and O–H groups in total. The number of fused-ring (bicyclic) bond motifs is 2. The van der Waals surface area contributed by atoms with E-state index in [-0.39, 0.29) is 0 Å². The van der Waals surface area contributed by atoms with Crippen LogP contribution in [-0.2, 0) is 0 Å². The van der Waals surface area contributed by atoms with Crippen molar-refractivity contribution in [2.75, 3.05) is 12.5 Å². The minimum atomic E-state index is 0.652. The molecule has 2 aromatic heterocycles. The molecule has 0 radical (unpaired) electrons. The second-order valence-electron chi connectivity index (χ2n) is 7.62. The molecule has 3 aromatic carbocycles. The number of nitrogens with zero attached hydrogens (tertiary/aromatic N) is 3. The van der Waals surface area contributed by atoms with Crippen molar-refractivity contribution in [3.8, 4) is 17.1 Å². The van der Waals surface area contributed by atoms with Crippen LogP contribution in [0.4, 0.5) is 5.82 Å². The SMILES string of the molecule is COc1ccc(-c2c/c(=N\Nc3ncnc4ccccc34)c3cc(C)c(C)cc3o2)cc1. The Balaban J connectivity index is 1.68.